The number of rotatable bonds is 5. The summed E-state index contributed by atoms with van der Waals surface area (Å²) >= 11 is 0. The van der Waals surface area contributed by atoms with Crippen molar-refractivity contribution in [1.82, 2.24) is 19.9 Å². The van der Waals surface area contributed by atoms with Crippen LogP contribution >= 0.6 is 0 Å². The fourth-order valence-corrected chi connectivity index (χ4v) is 3.14. The molecule has 1 aliphatic heterocycles. The van der Waals surface area contributed by atoms with Gasteiger partial charge in [-0.25, -0.2) is 14.4 Å². The molecule has 1 fully saturated rings. The fourth-order valence-electron chi connectivity index (χ4n) is 3.14. The highest BCUT2D eigenvalue weighted by atomic mass is 19.1. The number of nitriles is 1. The number of ether oxygens (including phenoxy) is 2. The lowest BCUT2D eigenvalue weighted by Gasteiger charge is -2.32. The first-order chi connectivity index (χ1) is 15.0. The standard InChI is InChI=1S/C20H17F2N7O2/c21-14-10-25-20(28-17(14)24)30-13-5-7-29(8-6-13)18-16(22)19(27-11-26-18)31-15-4-2-1-3-12(15)9-23/h1-4,10-11,13H,5-8H2,(H2,24,25,28). The van der Waals surface area contributed by atoms with Gasteiger partial charge in [0, 0.05) is 25.9 Å². The van der Waals surface area contributed by atoms with Gasteiger partial charge in [-0.3, -0.25) is 0 Å². The van der Waals surface area contributed by atoms with Gasteiger partial charge in [-0.05, 0) is 12.1 Å². The minimum Gasteiger partial charge on any atom is -0.460 e. The summed E-state index contributed by atoms with van der Waals surface area (Å²) in [5.74, 6) is -1.67. The molecular formula is C20H17F2N7O2. The van der Waals surface area contributed by atoms with Gasteiger partial charge in [-0.1, -0.05) is 12.1 Å². The topological polar surface area (TPSA) is 123 Å². The van der Waals surface area contributed by atoms with Gasteiger partial charge >= 0.3 is 6.01 Å². The Balaban J connectivity index is 1.43. The molecule has 3 aromatic rings. The van der Waals surface area contributed by atoms with Crippen molar-refractivity contribution in [2.45, 2.75) is 18.9 Å². The second-order valence-electron chi connectivity index (χ2n) is 6.72. The summed E-state index contributed by atoms with van der Waals surface area (Å²) in [7, 11) is 0. The van der Waals surface area contributed by atoms with Crippen LogP contribution in [0, 0.1) is 23.0 Å². The van der Waals surface area contributed by atoms with E-state index in [0.29, 0.717) is 25.9 Å². The molecule has 2 N–H and O–H groups in total. The Bertz CT molecular complexity index is 1130. The highest BCUT2D eigenvalue weighted by Gasteiger charge is 2.26. The number of benzene rings is 1. The molecule has 11 heteroatoms. The smallest absolute Gasteiger partial charge is 0.318 e. The molecule has 0 unspecified atom stereocenters. The summed E-state index contributed by atoms with van der Waals surface area (Å²) in [6, 6.07) is 8.48. The van der Waals surface area contributed by atoms with E-state index < -0.39 is 11.6 Å². The molecule has 9 nitrogen and oxygen atoms in total. The largest absolute Gasteiger partial charge is 0.460 e. The number of anilines is 2. The lowest BCUT2D eigenvalue weighted by atomic mass is 10.1. The van der Waals surface area contributed by atoms with Crippen LogP contribution in [0.2, 0.25) is 0 Å². The Morgan fingerprint density at radius 1 is 1.13 bits per heavy atom. The van der Waals surface area contributed by atoms with Gasteiger partial charge < -0.3 is 20.1 Å². The van der Waals surface area contributed by atoms with Crippen molar-refractivity contribution in [1.29, 1.82) is 5.26 Å². The van der Waals surface area contributed by atoms with Gasteiger partial charge in [0.25, 0.3) is 5.88 Å². The van der Waals surface area contributed by atoms with Crippen LogP contribution in [-0.2, 0) is 0 Å². The molecule has 0 amide bonds. The maximum absolute atomic E-state index is 15.0. The van der Waals surface area contributed by atoms with Gasteiger partial charge in [0.1, 0.15) is 24.3 Å². The van der Waals surface area contributed by atoms with E-state index in [1.807, 2.05) is 6.07 Å². The van der Waals surface area contributed by atoms with Crippen molar-refractivity contribution in [3.05, 3.63) is 54.0 Å². The second-order valence-corrected chi connectivity index (χ2v) is 6.72. The quantitative estimate of drug-likeness (QED) is 0.657. The van der Waals surface area contributed by atoms with E-state index in [9.17, 15) is 9.65 Å². The predicted molar refractivity (Wildman–Crippen MR) is 105 cm³/mol. The number of para-hydroxylation sites is 1. The van der Waals surface area contributed by atoms with Crippen molar-refractivity contribution in [2.75, 3.05) is 23.7 Å². The van der Waals surface area contributed by atoms with Crippen LogP contribution in [0.25, 0.3) is 0 Å². The molecule has 2 aromatic heterocycles. The van der Waals surface area contributed by atoms with Crippen LogP contribution in [0.5, 0.6) is 17.6 Å². The zero-order valence-corrected chi connectivity index (χ0v) is 16.2. The Morgan fingerprint density at radius 3 is 2.65 bits per heavy atom. The van der Waals surface area contributed by atoms with E-state index in [4.69, 9.17) is 15.2 Å². The number of nitrogen functional groups attached to an aromatic ring is 1. The van der Waals surface area contributed by atoms with E-state index in [1.165, 1.54) is 6.33 Å². The molecule has 0 aliphatic carbocycles. The summed E-state index contributed by atoms with van der Waals surface area (Å²) in [5, 5.41) is 9.17. The van der Waals surface area contributed by atoms with Crippen molar-refractivity contribution >= 4 is 11.6 Å². The number of hydrogen-bond acceptors (Lipinski definition) is 9. The van der Waals surface area contributed by atoms with Crippen molar-refractivity contribution in [3.8, 4) is 23.7 Å². The number of halogens is 2. The minimum atomic E-state index is -0.718. The maximum atomic E-state index is 15.0. The number of hydrogen-bond donors (Lipinski definition) is 1. The van der Waals surface area contributed by atoms with Crippen LogP contribution in [-0.4, -0.2) is 39.1 Å². The van der Waals surface area contributed by atoms with Crippen molar-refractivity contribution < 1.29 is 18.3 Å². The van der Waals surface area contributed by atoms with Crippen LogP contribution < -0.4 is 20.1 Å². The average Bonchev–Trinajstić information content (AvgIpc) is 2.79. The molecule has 0 spiro atoms. The average molecular weight is 425 g/mol. The van der Waals surface area contributed by atoms with Crippen molar-refractivity contribution in [3.63, 3.8) is 0 Å². The Hall–Kier alpha value is -4.07. The first kappa shape index (κ1) is 20.2. The van der Waals surface area contributed by atoms with Gasteiger partial charge in [0.05, 0.1) is 11.8 Å². The molecule has 4 rings (SSSR count). The number of piperidine rings is 1. The third-order valence-corrected chi connectivity index (χ3v) is 4.72. The van der Waals surface area contributed by atoms with Crippen LogP contribution in [0.15, 0.2) is 36.8 Å². The summed E-state index contributed by atoms with van der Waals surface area (Å²) in [6.45, 7) is 0.896. The summed E-state index contributed by atoms with van der Waals surface area (Å²) in [4.78, 5) is 17.2. The Morgan fingerprint density at radius 2 is 1.90 bits per heavy atom. The second kappa shape index (κ2) is 8.74. The normalized spacial score (nSPS) is 14.2. The zero-order chi connectivity index (χ0) is 21.8. The predicted octanol–water partition coefficient (Wildman–Crippen LogP) is 2.84. The number of aromatic nitrogens is 4. The van der Waals surface area contributed by atoms with E-state index in [0.717, 1.165) is 6.20 Å². The first-order valence-electron chi connectivity index (χ1n) is 9.42. The van der Waals surface area contributed by atoms with Gasteiger partial charge in [0.2, 0.25) is 5.82 Å². The molecule has 0 bridgehead atoms. The number of nitrogens with zero attached hydrogens (tertiary/aromatic N) is 6. The number of nitrogens with two attached hydrogens (primary N) is 1. The fraction of sp³-hybridized carbons (Fsp3) is 0.250. The highest BCUT2D eigenvalue weighted by Crippen LogP contribution is 2.30. The SMILES string of the molecule is N#Cc1ccccc1Oc1ncnc(N2CCC(Oc3ncc(F)c(N)n3)CC2)c1F. The Kier molecular flexibility index (Phi) is 5.70. The van der Waals surface area contributed by atoms with Gasteiger partial charge in [0.15, 0.2) is 17.5 Å². The third-order valence-electron chi connectivity index (χ3n) is 4.72. The summed E-state index contributed by atoms with van der Waals surface area (Å²) in [6.07, 6.45) is 3.01. The lowest BCUT2D eigenvalue weighted by Crippen LogP contribution is -2.39. The molecule has 1 aliphatic rings. The molecule has 3 heterocycles. The zero-order valence-electron chi connectivity index (χ0n) is 16.2. The molecule has 158 valence electrons. The monoisotopic (exact) mass is 425 g/mol. The molecule has 0 atom stereocenters. The molecule has 0 radical (unpaired) electrons. The molecule has 0 saturated carbocycles. The van der Waals surface area contributed by atoms with Gasteiger partial charge in [-0.15, -0.1) is 0 Å². The highest BCUT2D eigenvalue weighted by molar-refractivity contribution is 5.47. The minimum absolute atomic E-state index is 0.00240. The van der Waals surface area contributed by atoms with Crippen molar-refractivity contribution in [2.24, 2.45) is 0 Å². The molecule has 1 aromatic carbocycles. The van der Waals surface area contributed by atoms with Gasteiger partial charge in [-0.2, -0.15) is 19.6 Å². The van der Waals surface area contributed by atoms with E-state index >= 15 is 4.39 Å². The summed E-state index contributed by atoms with van der Waals surface area (Å²) < 4.78 is 39.4. The van der Waals surface area contributed by atoms with Crippen LogP contribution in [0.1, 0.15) is 18.4 Å². The van der Waals surface area contributed by atoms with Crippen LogP contribution in [0.3, 0.4) is 0 Å². The molecular weight excluding hydrogens is 408 g/mol. The Labute approximate surface area is 176 Å². The first-order valence-corrected chi connectivity index (χ1v) is 9.42. The lowest BCUT2D eigenvalue weighted by molar-refractivity contribution is 0.156. The summed E-state index contributed by atoms with van der Waals surface area (Å²) in [5.41, 5.74) is 5.70. The maximum Gasteiger partial charge on any atom is 0.318 e. The van der Waals surface area contributed by atoms with E-state index in [2.05, 4.69) is 19.9 Å². The van der Waals surface area contributed by atoms with E-state index in [-0.39, 0.29) is 40.9 Å². The molecule has 31 heavy (non-hydrogen) atoms. The van der Waals surface area contributed by atoms with E-state index in [1.54, 1.807) is 29.2 Å². The van der Waals surface area contributed by atoms with Crippen LogP contribution in [0.4, 0.5) is 20.4 Å². The molecule has 1 saturated heterocycles. The third kappa shape index (κ3) is 4.42.